The Morgan fingerprint density at radius 1 is 1.10 bits per heavy atom. The minimum absolute atomic E-state index is 0.210. The molecule has 1 aliphatic rings. The SMILES string of the molecule is NC(=O)COc1ccc(/C=C2\SC(=O)N(CC(=O)Nc3ccc(Br)cc3)C2=O)cc1. The Morgan fingerprint density at radius 3 is 2.40 bits per heavy atom. The lowest BCUT2D eigenvalue weighted by atomic mass is 10.2. The van der Waals surface area contributed by atoms with Crippen molar-refractivity contribution in [3.05, 3.63) is 63.5 Å². The van der Waals surface area contributed by atoms with Crippen LogP contribution in [0.4, 0.5) is 10.5 Å². The van der Waals surface area contributed by atoms with E-state index in [0.717, 1.165) is 21.1 Å². The van der Waals surface area contributed by atoms with Crippen LogP contribution in [0, 0.1) is 0 Å². The van der Waals surface area contributed by atoms with Crippen LogP contribution in [0.5, 0.6) is 5.75 Å². The number of hydrogen-bond acceptors (Lipinski definition) is 6. The van der Waals surface area contributed by atoms with E-state index in [1.165, 1.54) is 0 Å². The molecule has 1 fully saturated rings. The lowest BCUT2D eigenvalue weighted by molar-refractivity contribution is -0.127. The highest BCUT2D eigenvalue weighted by molar-refractivity contribution is 9.10. The molecule has 2 aromatic rings. The zero-order chi connectivity index (χ0) is 21.7. The molecular weight excluding hydrogens is 474 g/mol. The number of ether oxygens (including phenoxy) is 1. The fourth-order valence-electron chi connectivity index (χ4n) is 2.48. The average molecular weight is 490 g/mol. The van der Waals surface area contributed by atoms with Crippen LogP contribution in [0.15, 0.2) is 57.9 Å². The standard InChI is InChI=1S/C20H16BrN3O5S/c21-13-3-5-14(6-4-13)23-18(26)10-24-19(27)16(30-20(24)28)9-12-1-7-15(8-2-12)29-11-17(22)25/h1-9H,10-11H2,(H2,22,25)(H,23,26)/b16-9-. The maximum absolute atomic E-state index is 12.6. The summed E-state index contributed by atoms with van der Waals surface area (Å²) in [7, 11) is 0. The van der Waals surface area contributed by atoms with Gasteiger partial charge in [-0.1, -0.05) is 28.1 Å². The number of hydrogen-bond donors (Lipinski definition) is 2. The number of primary amides is 1. The fraction of sp³-hybridized carbons (Fsp3) is 0.100. The van der Waals surface area contributed by atoms with Gasteiger partial charge < -0.3 is 15.8 Å². The molecule has 0 aromatic heterocycles. The van der Waals surface area contributed by atoms with E-state index >= 15 is 0 Å². The van der Waals surface area contributed by atoms with Crippen LogP contribution < -0.4 is 15.8 Å². The van der Waals surface area contributed by atoms with Gasteiger partial charge in [-0.05, 0) is 59.8 Å². The van der Waals surface area contributed by atoms with Crippen molar-refractivity contribution in [1.82, 2.24) is 4.90 Å². The Morgan fingerprint density at radius 2 is 1.77 bits per heavy atom. The summed E-state index contributed by atoms with van der Waals surface area (Å²) in [4.78, 5) is 48.8. The topological polar surface area (TPSA) is 119 Å². The Balaban J connectivity index is 1.62. The lowest BCUT2D eigenvalue weighted by Gasteiger charge is -2.12. The number of thioether (sulfide) groups is 1. The molecule has 1 saturated heterocycles. The summed E-state index contributed by atoms with van der Waals surface area (Å²) in [6, 6.07) is 13.5. The number of carbonyl (C=O) groups is 4. The van der Waals surface area contributed by atoms with Gasteiger partial charge in [0.15, 0.2) is 6.61 Å². The normalized spacial score (nSPS) is 14.8. The number of benzene rings is 2. The molecule has 4 amide bonds. The van der Waals surface area contributed by atoms with Gasteiger partial charge in [0.05, 0.1) is 4.91 Å². The number of nitrogens with two attached hydrogens (primary N) is 1. The summed E-state index contributed by atoms with van der Waals surface area (Å²) in [5, 5.41) is 2.13. The van der Waals surface area contributed by atoms with Crippen molar-refractivity contribution >= 4 is 62.4 Å². The van der Waals surface area contributed by atoms with Crippen molar-refractivity contribution in [2.24, 2.45) is 5.73 Å². The number of rotatable bonds is 7. The predicted octanol–water partition coefficient (Wildman–Crippen LogP) is 2.99. The molecule has 30 heavy (non-hydrogen) atoms. The first-order valence-electron chi connectivity index (χ1n) is 8.64. The van der Waals surface area contributed by atoms with E-state index in [2.05, 4.69) is 21.2 Å². The Labute approximate surface area is 184 Å². The van der Waals surface area contributed by atoms with E-state index in [9.17, 15) is 19.2 Å². The molecule has 2 aromatic carbocycles. The van der Waals surface area contributed by atoms with Crippen molar-refractivity contribution in [3.63, 3.8) is 0 Å². The Kier molecular flexibility index (Phi) is 6.91. The monoisotopic (exact) mass is 489 g/mol. The van der Waals surface area contributed by atoms with Gasteiger partial charge in [0.2, 0.25) is 5.91 Å². The zero-order valence-electron chi connectivity index (χ0n) is 15.5. The minimum Gasteiger partial charge on any atom is -0.484 e. The minimum atomic E-state index is -0.586. The molecule has 0 radical (unpaired) electrons. The van der Waals surface area contributed by atoms with Crippen LogP contribution in [0.2, 0.25) is 0 Å². The van der Waals surface area contributed by atoms with Gasteiger partial charge in [-0.25, -0.2) is 0 Å². The van der Waals surface area contributed by atoms with Crippen LogP contribution in [-0.4, -0.2) is 41.0 Å². The first kappa shape index (κ1) is 21.6. The van der Waals surface area contributed by atoms with Gasteiger partial charge in [-0.15, -0.1) is 0 Å². The Bertz CT molecular complexity index is 1020. The second kappa shape index (κ2) is 9.59. The molecule has 0 unspecified atom stereocenters. The van der Waals surface area contributed by atoms with Crippen LogP contribution in [-0.2, 0) is 14.4 Å². The third-order valence-electron chi connectivity index (χ3n) is 3.86. The van der Waals surface area contributed by atoms with E-state index < -0.39 is 23.0 Å². The highest BCUT2D eigenvalue weighted by atomic mass is 79.9. The van der Waals surface area contributed by atoms with Crippen molar-refractivity contribution < 1.29 is 23.9 Å². The Hall–Kier alpha value is -3.11. The van der Waals surface area contributed by atoms with Crippen molar-refractivity contribution in [3.8, 4) is 5.75 Å². The molecule has 0 spiro atoms. The third kappa shape index (κ3) is 5.71. The number of nitrogens with one attached hydrogen (secondary N) is 1. The smallest absolute Gasteiger partial charge is 0.294 e. The molecule has 154 valence electrons. The van der Waals surface area contributed by atoms with Crippen molar-refractivity contribution in [2.45, 2.75) is 0 Å². The van der Waals surface area contributed by atoms with Gasteiger partial charge >= 0.3 is 0 Å². The van der Waals surface area contributed by atoms with E-state index in [1.807, 2.05) is 0 Å². The van der Waals surface area contributed by atoms with E-state index in [0.29, 0.717) is 17.0 Å². The molecular formula is C20H16BrN3O5S. The molecule has 1 aliphatic heterocycles. The lowest BCUT2D eigenvalue weighted by Crippen LogP contribution is -2.36. The summed E-state index contributed by atoms with van der Waals surface area (Å²) in [5.41, 5.74) is 6.24. The number of imide groups is 1. The van der Waals surface area contributed by atoms with Gasteiger partial charge in [-0.2, -0.15) is 0 Å². The first-order chi connectivity index (χ1) is 14.3. The van der Waals surface area contributed by atoms with Gasteiger partial charge in [-0.3, -0.25) is 24.1 Å². The summed E-state index contributed by atoms with van der Waals surface area (Å²) in [6.45, 7) is -0.613. The summed E-state index contributed by atoms with van der Waals surface area (Å²) in [5.74, 6) is -1.15. The molecule has 0 bridgehead atoms. The number of carbonyl (C=O) groups excluding carboxylic acids is 4. The quantitative estimate of drug-likeness (QED) is 0.577. The number of nitrogens with zero attached hydrogens (tertiary/aromatic N) is 1. The van der Waals surface area contributed by atoms with Crippen LogP contribution >= 0.6 is 27.7 Å². The average Bonchev–Trinajstić information content (AvgIpc) is 2.96. The van der Waals surface area contributed by atoms with Crippen molar-refractivity contribution in [2.75, 3.05) is 18.5 Å². The predicted molar refractivity (Wildman–Crippen MR) is 117 cm³/mol. The number of halogens is 1. The molecule has 3 N–H and O–H groups in total. The van der Waals surface area contributed by atoms with Crippen molar-refractivity contribution in [1.29, 1.82) is 0 Å². The molecule has 0 saturated carbocycles. The van der Waals surface area contributed by atoms with Gasteiger partial charge in [0.1, 0.15) is 12.3 Å². The third-order valence-corrected chi connectivity index (χ3v) is 5.30. The molecule has 1 heterocycles. The summed E-state index contributed by atoms with van der Waals surface area (Å²) >= 11 is 4.07. The maximum Gasteiger partial charge on any atom is 0.294 e. The molecule has 8 nitrogen and oxygen atoms in total. The molecule has 0 aliphatic carbocycles. The summed E-state index contributed by atoms with van der Waals surface area (Å²) < 4.78 is 6.03. The van der Waals surface area contributed by atoms with Crippen LogP contribution in [0.1, 0.15) is 5.56 Å². The molecule has 3 rings (SSSR count). The van der Waals surface area contributed by atoms with Gasteiger partial charge in [0.25, 0.3) is 17.1 Å². The second-order valence-electron chi connectivity index (χ2n) is 6.15. The van der Waals surface area contributed by atoms with E-state index in [4.69, 9.17) is 10.5 Å². The van der Waals surface area contributed by atoms with E-state index in [1.54, 1.807) is 54.6 Å². The largest absolute Gasteiger partial charge is 0.484 e. The first-order valence-corrected chi connectivity index (χ1v) is 10.2. The molecule has 10 heteroatoms. The summed E-state index contributed by atoms with van der Waals surface area (Å²) in [6.07, 6.45) is 1.55. The maximum atomic E-state index is 12.6. The highest BCUT2D eigenvalue weighted by Gasteiger charge is 2.36. The van der Waals surface area contributed by atoms with E-state index in [-0.39, 0.29) is 18.1 Å². The molecule has 0 atom stereocenters. The second-order valence-corrected chi connectivity index (χ2v) is 8.06. The van der Waals surface area contributed by atoms with Crippen LogP contribution in [0.25, 0.3) is 6.08 Å². The number of amides is 4. The van der Waals surface area contributed by atoms with Crippen LogP contribution in [0.3, 0.4) is 0 Å². The zero-order valence-corrected chi connectivity index (χ0v) is 17.9. The fourth-order valence-corrected chi connectivity index (χ4v) is 3.58. The van der Waals surface area contributed by atoms with Gasteiger partial charge in [0, 0.05) is 10.2 Å². The highest BCUT2D eigenvalue weighted by Crippen LogP contribution is 2.32. The number of anilines is 1.